The summed E-state index contributed by atoms with van der Waals surface area (Å²) in [6.07, 6.45) is -0.0507. The molecule has 1 aliphatic rings. The molecule has 0 bridgehead atoms. The van der Waals surface area contributed by atoms with E-state index in [2.05, 4.69) is 63.7 Å². The van der Waals surface area contributed by atoms with E-state index in [1.807, 2.05) is 19.1 Å². The molecule has 1 aliphatic heterocycles. The third kappa shape index (κ3) is 7.04. The molecule has 136 valence electrons. The van der Waals surface area contributed by atoms with Crippen LogP contribution in [0.5, 0.6) is 0 Å². The Balaban J connectivity index is 0.000000196. The van der Waals surface area contributed by atoms with E-state index < -0.39 is 10.1 Å². The Morgan fingerprint density at radius 2 is 1.44 bits per heavy atom. The van der Waals surface area contributed by atoms with Gasteiger partial charge in [-0.15, -0.1) is 0 Å². The summed E-state index contributed by atoms with van der Waals surface area (Å²) in [6, 6.07) is 10.5. The van der Waals surface area contributed by atoms with E-state index in [0.29, 0.717) is 6.61 Å². The fourth-order valence-electron chi connectivity index (χ4n) is 1.60. The number of epoxide rings is 1. The molecule has 1 atom stereocenters. The highest BCUT2D eigenvalue weighted by atomic mass is 79.9. The molecule has 3 rings (SSSR count). The maximum atomic E-state index is 11.6. The van der Waals surface area contributed by atoms with Gasteiger partial charge in [-0.05, 0) is 94.9 Å². The van der Waals surface area contributed by atoms with Gasteiger partial charge in [0, 0.05) is 17.9 Å². The van der Waals surface area contributed by atoms with E-state index in [9.17, 15) is 8.42 Å². The molecule has 1 fully saturated rings. The number of hydrogen-bond donors (Lipinski definition) is 0. The van der Waals surface area contributed by atoms with Crippen LogP contribution in [0, 0.1) is 6.92 Å². The highest BCUT2D eigenvalue weighted by molar-refractivity contribution is 9.14. The Hall–Kier alpha value is 0.230. The highest BCUT2D eigenvalue weighted by Crippen LogP contribution is 2.32. The molecular weight excluding hydrogens is 608 g/mol. The van der Waals surface area contributed by atoms with Crippen LogP contribution in [0.2, 0.25) is 0 Å². The molecule has 1 saturated heterocycles. The van der Waals surface area contributed by atoms with E-state index in [4.69, 9.17) is 8.92 Å². The second-order valence-corrected chi connectivity index (χ2v) is 10.2. The molecule has 0 aliphatic carbocycles. The molecule has 1 unspecified atom stereocenters. The van der Waals surface area contributed by atoms with Gasteiger partial charge in [-0.25, -0.2) is 0 Å². The number of hydrogen-bond acceptors (Lipinski definition) is 4. The zero-order valence-electron chi connectivity index (χ0n) is 13.0. The average molecular weight is 622 g/mol. The molecular formula is C16H14Br4O4S. The minimum absolute atomic E-state index is 0.0507. The summed E-state index contributed by atoms with van der Waals surface area (Å²) in [5, 5.41) is 0. The number of halogens is 4. The lowest BCUT2D eigenvalue weighted by atomic mass is 10.2. The van der Waals surface area contributed by atoms with Gasteiger partial charge in [0.2, 0.25) is 0 Å². The molecule has 2 aromatic rings. The van der Waals surface area contributed by atoms with Crippen LogP contribution in [-0.4, -0.2) is 27.7 Å². The van der Waals surface area contributed by atoms with Crippen molar-refractivity contribution < 1.29 is 17.3 Å². The van der Waals surface area contributed by atoms with Crippen molar-refractivity contribution in [3.8, 4) is 0 Å². The van der Waals surface area contributed by atoms with Crippen molar-refractivity contribution in [1.29, 1.82) is 0 Å². The summed E-state index contributed by atoms with van der Waals surface area (Å²) in [5.74, 6) is 0. The van der Waals surface area contributed by atoms with Gasteiger partial charge in [0.1, 0.15) is 6.10 Å². The monoisotopic (exact) mass is 618 g/mol. The van der Waals surface area contributed by atoms with Crippen LogP contribution in [0.4, 0.5) is 0 Å². The van der Waals surface area contributed by atoms with E-state index in [0.717, 1.165) is 23.5 Å². The lowest BCUT2D eigenvalue weighted by Crippen LogP contribution is -2.10. The molecule has 0 N–H and O–H groups in total. The normalized spacial score (nSPS) is 16.1. The third-order valence-electron chi connectivity index (χ3n) is 3.08. The van der Waals surface area contributed by atoms with Gasteiger partial charge in [0.25, 0.3) is 10.1 Å². The Morgan fingerprint density at radius 3 is 1.84 bits per heavy atom. The van der Waals surface area contributed by atoms with Gasteiger partial charge in [-0.2, -0.15) is 8.42 Å². The third-order valence-corrected chi connectivity index (χ3v) is 8.07. The van der Waals surface area contributed by atoms with Crippen LogP contribution in [0.15, 0.2) is 59.2 Å². The molecule has 0 amide bonds. The minimum Gasteiger partial charge on any atom is -0.371 e. The van der Waals surface area contributed by atoms with Crippen molar-refractivity contribution >= 4 is 73.8 Å². The van der Waals surface area contributed by atoms with Gasteiger partial charge >= 0.3 is 0 Å². The topological polar surface area (TPSA) is 55.9 Å². The standard InChI is InChI=1S/C10H12O4S.C6H2Br4/c1-8-2-4-10(5-3-8)15(11,12)14-7-9-6-13-9;7-3-1-4(8)6(10)2-5(3)9/h2-5,9H,6-7H2,1H3;1-2H. The Kier molecular flexibility index (Phi) is 8.12. The number of aryl methyl sites for hydroxylation is 1. The number of rotatable bonds is 4. The molecule has 2 aromatic carbocycles. The van der Waals surface area contributed by atoms with Gasteiger partial charge < -0.3 is 4.74 Å². The summed E-state index contributed by atoms with van der Waals surface area (Å²) in [5.41, 5.74) is 1.01. The van der Waals surface area contributed by atoms with Crippen LogP contribution in [-0.2, 0) is 19.0 Å². The SMILES string of the molecule is Brc1cc(Br)c(Br)cc1Br.Cc1ccc(S(=O)(=O)OCC2CO2)cc1. The lowest BCUT2D eigenvalue weighted by molar-refractivity contribution is 0.266. The van der Waals surface area contributed by atoms with Crippen LogP contribution >= 0.6 is 63.7 Å². The average Bonchev–Trinajstić information content (AvgIpc) is 3.37. The summed E-state index contributed by atoms with van der Waals surface area (Å²) < 4.78 is 37.1. The van der Waals surface area contributed by atoms with Crippen molar-refractivity contribution in [3.05, 3.63) is 59.9 Å². The molecule has 0 saturated carbocycles. The number of benzene rings is 2. The van der Waals surface area contributed by atoms with E-state index in [1.165, 1.54) is 0 Å². The molecule has 9 heteroatoms. The van der Waals surface area contributed by atoms with Crippen LogP contribution < -0.4 is 0 Å². The first-order valence-electron chi connectivity index (χ1n) is 7.07. The summed E-state index contributed by atoms with van der Waals surface area (Å²) in [4.78, 5) is 0.189. The Labute approximate surface area is 180 Å². The van der Waals surface area contributed by atoms with Crippen molar-refractivity contribution in [2.75, 3.05) is 13.2 Å². The Bertz CT molecular complexity index is 784. The molecule has 0 radical (unpaired) electrons. The Morgan fingerprint density at radius 1 is 1.00 bits per heavy atom. The van der Waals surface area contributed by atoms with Crippen LogP contribution in [0.25, 0.3) is 0 Å². The van der Waals surface area contributed by atoms with Crippen molar-refractivity contribution in [1.82, 2.24) is 0 Å². The zero-order chi connectivity index (χ0) is 18.6. The predicted molar refractivity (Wildman–Crippen MR) is 111 cm³/mol. The maximum absolute atomic E-state index is 11.6. The lowest BCUT2D eigenvalue weighted by Gasteiger charge is -2.03. The van der Waals surface area contributed by atoms with Crippen LogP contribution in [0.3, 0.4) is 0 Å². The molecule has 0 spiro atoms. The minimum atomic E-state index is -3.61. The predicted octanol–water partition coefficient (Wildman–Crippen LogP) is 5.84. The van der Waals surface area contributed by atoms with Gasteiger partial charge in [-0.1, -0.05) is 17.7 Å². The summed E-state index contributed by atoms with van der Waals surface area (Å²) in [6.45, 7) is 2.59. The van der Waals surface area contributed by atoms with Gasteiger partial charge in [-0.3, -0.25) is 4.18 Å². The second-order valence-electron chi connectivity index (χ2n) is 5.19. The molecule has 4 nitrogen and oxygen atoms in total. The van der Waals surface area contributed by atoms with Crippen molar-refractivity contribution in [2.24, 2.45) is 0 Å². The first kappa shape index (κ1) is 21.5. The molecule has 25 heavy (non-hydrogen) atoms. The second kappa shape index (κ2) is 9.43. The number of ether oxygens (including phenoxy) is 1. The van der Waals surface area contributed by atoms with Crippen LogP contribution in [0.1, 0.15) is 5.56 Å². The maximum Gasteiger partial charge on any atom is 0.297 e. The molecule has 0 aromatic heterocycles. The smallest absolute Gasteiger partial charge is 0.297 e. The first-order chi connectivity index (χ1) is 11.7. The zero-order valence-corrected chi connectivity index (χ0v) is 20.2. The fraction of sp³-hybridized carbons (Fsp3) is 0.250. The van der Waals surface area contributed by atoms with Crippen molar-refractivity contribution in [2.45, 2.75) is 17.9 Å². The van der Waals surface area contributed by atoms with E-state index in [1.54, 1.807) is 24.3 Å². The quantitative estimate of drug-likeness (QED) is 0.245. The highest BCUT2D eigenvalue weighted by Gasteiger charge is 2.26. The largest absolute Gasteiger partial charge is 0.371 e. The fourth-order valence-corrected chi connectivity index (χ4v) is 4.53. The van der Waals surface area contributed by atoms with Crippen molar-refractivity contribution in [3.63, 3.8) is 0 Å². The molecule has 1 heterocycles. The van der Waals surface area contributed by atoms with Gasteiger partial charge in [0.05, 0.1) is 18.1 Å². The summed E-state index contributed by atoms with van der Waals surface area (Å²) >= 11 is 13.5. The first-order valence-corrected chi connectivity index (χ1v) is 11.6. The van der Waals surface area contributed by atoms with E-state index in [-0.39, 0.29) is 17.6 Å². The van der Waals surface area contributed by atoms with Gasteiger partial charge in [0.15, 0.2) is 0 Å². The van der Waals surface area contributed by atoms with E-state index >= 15 is 0 Å². The summed E-state index contributed by atoms with van der Waals surface area (Å²) in [7, 11) is -3.61.